The molecule has 0 saturated heterocycles. The number of amides is 2. The molecule has 2 amide bonds. The summed E-state index contributed by atoms with van der Waals surface area (Å²) in [6.45, 7) is 10.6. The summed E-state index contributed by atoms with van der Waals surface area (Å²) in [6, 6.07) is 11.4. The molecule has 0 aliphatic heterocycles. The summed E-state index contributed by atoms with van der Waals surface area (Å²) in [6.07, 6.45) is 1.06. The molecule has 0 fully saturated rings. The summed E-state index contributed by atoms with van der Waals surface area (Å²) >= 11 is 6.33. The Morgan fingerprint density at radius 3 is 2.21 bits per heavy atom. The van der Waals surface area contributed by atoms with Gasteiger partial charge in [0.1, 0.15) is 12.6 Å². The lowest BCUT2D eigenvalue weighted by Crippen LogP contribution is -2.54. The SMILES string of the molecule is Cc1ccc(N(CC(=O)N(Cc2ccccc2Cl)[C@H](C)C(=O)NC(C)(C)C)S(C)(=O)=O)cc1C. The average molecular weight is 508 g/mol. The summed E-state index contributed by atoms with van der Waals surface area (Å²) in [7, 11) is -3.77. The van der Waals surface area contributed by atoms with Crippen molar-refractivity contribution in [3.8, 4) is 0 Å². The third kappa shape index (κ3) is 7.46. The molecule has 1 N–H and O–H groups in total. The number of halogens is 1. The largest absolute Gasteiger partial charge is 0.350 e. The minimum absolute atomic E-state index is 0.0573. The van der Waals surface area contributed by atoms with Crippen LogP contribution in [0.1, 0.15) is 44.4 Å². The van der Waals surface area contributed by atoms with Crippen LogP contribution in [0.5, 0.6) is 0 Å². The molecule has 0 bridgehead atoms. The summed E-state index contributed by atoms with van der Waals surface area (Å²) in [5.41, 5.74) is 2.47. The number of nitrogens with zero attached hydrogens (tertiary/aromatic N) is 2. The van der Waals surface area contributed by atoms with E-state index in [4.69, 9.17) is 11.6 Å². The van der Waals surface area contributed by atoms with Crippen LogP contribution in [0.4, 0.5) is 5.69 Å². The van der Waals surface area contributed by atoms with E-state index < -0.39 is 34.1 Å². The second kappa shape index (κ2) is 10.8. The maximum Gasteiger partial charge on any atom is 0.244 e. The fraction of sp³-hybridized carbons (Fsp3) is 0.440. The van der Waals surface area contributed by atoms with Crippen LogP contribution >= 0.6 is 11.6 Å². The number of rotatable bonds is 8. The van der Waals surface area contributed by atoms with Crippen molar-refractivity contribution in [2.75, 3.05) is 17.1 Å². The van der Waals surface area contributed by atoms with Gasteiger partial charge in [0.2, 0.25) is 21.8 Å². The smallest absolute Gasteiger partial charge is 0.244 e. The molecule has 0 radical (unpaired) electrons. The molecule has 2 aromatic rings. The standard InChI is InChI=1S/C25H34ClN3O4S/c1-17-12-13-21(14-18(17)2)29(34(7,32)33)16-23(30)28(15-20-10-8-9-11-22(20)26)19(3)24(31)27-25(4,5)6/h8-14,19H,15-16H2,1-7H3,(H,27,31)/t19-/m1/s1. The predicted molar refractivity (Wildman–Crippen MR) is 137 cm³/mol. The number of nitrogens with one attached hydrogen (secondary N) is 1. The molecule has 0 aliphatic rings. The lowest BCUT2D eigenvalue weighted by molar-refractivity contribution is -0.140. The van der Waals surface area contributed by atoms with Gasteiger partial charge in [0, 0.05) is 17.1 Å². The van der Waals surface area contributed by atoms with Gasteiger partial charge in [0.25, 0.3) is 0 Å². The highest BCUT2D eigenvalue weighted by atomic mass is 35.5. The molecular weight excluding hydrogens is 474 g/mol. The van der Waals surface area contributed by atoms with Crippen molar-refractivity contribution < 1.29 is 18.0 Å². The molecule has 0 heterocycles. The summed E-state index contributed by atoms with van der Waals surface area (Å²) in [5, 5.41) is 3.34. The molecule has 186 valence electrons. The van der Waals surface area contributed by atoms with Crippen molar-refractivity contribution in [3.63, 3.8) is 0 Å². The Kier molecular flexibility index (Phi) is 8.77. The molecule has 2 rings (SSSR count). The molecule has 2 aromatic carbocycles. The summed E-state index contributed by atoms with van der Waals surface area (Å²) in [5.74, 6) is -0.856. The lowest BCUT2D eigenvalue weighted by atomic mass is 10.1. The molecule has 7 nitrogen and oxygen atoms in total. The minimum Gasteiger partial charge on any atom is -0.350 e. The van der Waals surface area contributed by atoms with E-state index in [0.717, 1.165) is 21.7 Å². The third-order valence-electron chi connectivity index (χ3n) is 5.42. The Labute approximate surface area is 208 Å². The predicted octanol–water partition coefficient (Wildman–Crippen LogP) is 4.05. The second-order valence-electron chi connectivity index (χ2n) is 9.57. The monoisotopic (exact) mass is 507 g/mol. The number of anilines is 1. The zero-order valence-electron chi connectivity index (χ0n) is 20.8. The van der Waals surface area contributed by atoms with Crippen molar-refractivity contribution in [3.05, 3.63) is 64.2 Å². The van der Waals surface area contributed by atoms with Crippen LogP contribution < -0.4 is 9.62 Å². The second-order valence-corrected chi connectivity index (χ2v) is 11.9. The van der Waals surface area contributed by atoms with Crippen LogP contribution in [0.2, 0.25) is 5.02 Å². The van der Waals surface area contributed by atoms with E-state index in [1.807, 2.05) is 40.7 Å². The van der Waals surface area contributed by atoms with E-state index in [2.05, 4.69) is 5.32 Å². The van der Waals surface area contributed by atoms with Gasteiger partial charge in [-0.15, -0.1) is 0 Å². The van der Waals surface area contributed by atoms with Crippen LogP contribution in [0.3, 0.4) is 0 Å². The number of carbonyl (C=O) groups excluding carboxylic acids is 2. The van der Waals surface area contributed by atoms with Gasteiger partial charge in [-0.3, -0.25) is 13.9 Å². The molecule has 0 aromatic heterocycles. The molecule has 34 heavy (non-hydrogen) atoms. The van der Waals surface area contributed by atoms with E-state index in [1.165, 1.54) is 4.90 Å². The van der Waals surface area contributed by atoms with E-state index in [0.29, 0.717) is 16.3 Å². The molecule has 0 aliphatic carbocycles. The van der Waals surface area contributed by atoms with E-state index in [-0.39, 0.29) is 12.5 Å². The molecule has 0 saturated carbocycles. The first-order valence-corrected chi connectivity index (χ1v) is 13.2. The van der Waals surface area contributed by atoms with Gasteiger partial charge in [0.05, 0.1) is 11.9 Å². The zero-order chi connectivity index (χ0) is 25.8. The lowest BCUT2D eigenvalue weighted by Gasteiger charge is -2.33. The van der Waals surface area contributed by atoms with Gasteiger partial charge >= 0.3 is 0 Å². The number of aryl methyl sites for hydroxylation is 2. The van der Waals surface area contributed by atoms with Crippen LogP contribution in [0.25, 0.3) is 0 Å². The van der Waals surface area contributed by atoms with E-state index in [9.17, 15) is 18.0 Å². The fourth-order valence-corrected chi connectivity index (χ4v) is 4.40. The van der Waals surface area contributed by atoms with Crippen molar-refractivity contribution in [2.24, 2.45) is 0 Å². The van der Waals surface area contributed by atoms with Crippen LogP contribution in [-0.2, 0) is 26.2 Å². The Hall–Kier alpha value is -2.58. The Morgan fingerprint density at radius 1 is 1.06 bits per heavy atom. The van der Waals surface area contributed by atoms with Crippen LogP contribution in [0.15, 0.2) is 42.5 Å². The van der Waals surface area contributed by atoms with Gasteiger partial charge in [-0.1, -0.05) is 35.9 Å². The van der Waals surface area contributed by atoms with Gasteiger partial charge < -0.3 is 10.2 Å². The maximum absolute atomic E-state index is 13.5. The van der Waals surface area contributed by atoms with E-state index >= 15 is 0 Å². The first kappa shape index (κ1) is 27.7. The summed E-state index contributed by atoms with van der Waals surface area (Å²) < 4.78 is 26.4. The minimum atomic E-state index is -3.77. The van der Waals surface area contributed by atoms with Gasteiger partial charge in [-0.25, -0.2) is 8.42 Å². The van der Waals surface area contributed by atoms with Crippen molar-refractivity contribution >= 4 is 39.1 Å². The molecule has 1 atom stereocenters. The average Bonchev–Trinajstić information content (AvgIpc) is 2.70. The van der Waals surface area contributed by atoms with Gasteiger partial charge in [-0.2, -0.15) is 0 Å². The number of sulfonamides is 1. The number of carbonyl (C=O) groups is 2. The Morgan fingerprint density at radius 2 is 1.68 bits per heavy atom. The number of benzene rings is 2. The topological polar surface area (TPSA) is 86.8 Å². The van der Waals surface area contributed by atoms with Crippen LogP contribution in [0, 0.1) is 13.8 Å². The van der Waals surface area contributed by atoms with Crippen molar-refractivity contribution in [2.45, 2.75) is 59.7 Å². The van der Waals surface area contributed by atoms with Gasteiger partial charge in [-0.05, 0) is 76.4 Å². The Balaban J connectivity index is 2.44. The van der Waals surface area contributed by atoms with Gasteiger partial charge in [0.15, 0.2) is 0 Å². The first-order valence-electron chi connectivity index (χ1n) is 11.0. The fourth-order valence-electron chi connectivity index (χ4n) is 3.36. The zero-order valence-corrected chi connectivity index (χ0v) is 22.4. The van der Waals surface area contributed by atoms with E-state index in [1.54, 1.807) is 43.3 Å². The third-order valence-corrected chi connectivity index (χ3v) is 6.93. The molecular formula is C25H34ClN3O4S. The highest BCUT2D eigenvalue weighted by Gasteiger charge is 2.31. The highest BCUT2D eigenvalue weighted by Crippen LogP contribution is 2.23. The highest BCUT2D eigenvalue weighted by molar-refractivity contribution is 7.92. The normalized spacial score (nSPS) is 12.7. The Bertz CT molecular complexity index is 1160. The number of hydrogen-bond acceptors (Lipinski definition) is 4. The van der Waals surface area contributed by atoms with Crippen LogP contribution in [-0.4, -0.2) is 49.5 Å². The maximum atomic E-state index is 13.5. The molecule has 0 spiro atoms. The molecule has 0 unspecified atom stereocenters. The quantitative estimate of drug-likeness (QED) is 0.583. The molecule has 9 heteroatoms. The summed E-state index contributed by atoms with van der Waals surface area (Å²) in [4.78, 5) is 27.9. The van der Waals surface area contributed by atoms with Crippen molar-refractivity contribution in [1.29, 1.82) is 0 Å². The van der Waals surface area contributed by atoms with Crippen molar-refractivity contribution in [1.82, 2.24) is 10.2 Å². The number of hydrogen-bond donors (Lipinski definition) is 1. The first-order chi connectivity index (χ1) is 15.6.